The molecule has 1 heterocycles. The minimum Gasteiger partial charge on any atom is -0.265 e. The van der Waals surface area contributed by atoms with Crippen molar-refractivity contribution in [1.82, 2.24) is 0 Å². The van der Waals surface area contributed by atoms with E-state index in [1.807, 2.05) is 54.7 Å². The van der Waals surface area contributed by atoms with Gasteiger partial charge in [-0.25, -0.2) is 0 Å². The molecule has 0 radical (unpaired) electrons. The summed E-state index contributed by atoms with van der Waals surface area (Å²) in [5, 5.41) is 0. The molecule has 0 aliphatic carbocycles. The fourth-order valence-electron chi connectivity index (χ4n) is 0.698. The van der Waals surface area contributed by atoms with Crippen LogP contribution < -0.4 is 0 Å². The van der Waals surface area contributed by atoms with Crippen molar-refractivity contribution in [2.24, 2.45) is 4.99 Å². The second-order valence-electron chi connectivity index (χ2n) is 2.18. The van der Waals surface area contributed by atoms with Gasteiger partial charge < -0.3 is 0 Å². The Morgan fingerprint density at radius 1 is 0.500 bits per heavy atom. The van der Waals surface area contributed by atoms with Crippen LogP contribution in [0.1, 0.15) is 0 Å². The summed E-state index contributed by atoms with van der Waals surface area (Å²) < 4.78 is 0. The van der Waals surface area contributed by atoms with E-state index < -0.39 is 0 Å². The molecule has 0 aromatic carbocycles. The summed E-state index contributed by atoms with van der Waals surface area (Å²) in [7, 11) is 0. The summed E-state index contributed by atoms with van der Waals surface area (Å²) in [4.78, 5) is 4.00. The lowest BCUT2D eigenvalue weighted by Crippen LogP contribution is -1.61. The molecule has 0 spiro atoms. The SMILES string of the molecule is C1=C\C=C\C=C\N=C\C=C/C=C/1. The topological polar surface area (TPSA) is 12.4 Å². The van der Waals surface area contributed by atoms with Gasteiger partial charge in [-0.05, 0) is 12.2 Å². The fraction of sp³-hybridized carbons (Fsp3) is 0. The third-order valence-corrected chi connectivity index (χ3v) is 1.23. The van der Waals surface area contributed by atoms with E-state index in [2.05, 4.69) is 4.99 Å². The maximum atomic E-state index is 4.00. The number of allylic oxidation sites excluding steroid dienone is 9. The molecule has 12 heavy (non-hydrogen) atoms. The summed E-state index contributed by atoms with van der Waals surface area (Å²) >= 11 is 0. The summed E-state index contributed by atoms with van der Waals surface area (Å²) in [5.74, 6) is 0. The Labute approximate surface area is 72.8 Å². The largest absolute Gasteiger partial charge is 0.265 e. The minimum atomic E-state index is 1.75. The highest BCUT2D eigenvalue weighted by molar-refractivity contribution is 5.72. The van der Waals surface area contributed by atoms with Gasteiger partial charge in [0.15, 0.2) is 0 Å². The van der Waals surface area contributed by atoms with Gasteiger partial charge in [0.05, 0.1) is 0 Å². The molecule has 0 saturated carbocycles. The van der Waals surface area contributed by atoms with Crippen molar-refractivity contribution in [2.75, 3.05) is 0 Å². The van der Waals surface area contributed by atoms with E-state index in [1.165, 1.54) is 0 Å². The molecule has 1 aliphatic heterocycles. The Morgan fingerprint density at radius 2 is 1.00 bits per heavy atom. The van der Waals surface area contributed by atoms with Crippen LogP contribution in [0.3, 0.4) is 0 Å². The zero-order valence-corrected chi connectivity index (χ0v) is 6.80. The van der Waals surface area contributed by atoms with Crippen LogP contribution in [0, 0.1) is 0 Å². The lowest BCUT2D eigenvalue weighted by atomic mass is 10.3. The Bertz CT molecular complexity index is 174. The van der Waals surface area contributed by atoms with Crippen LogP contribution in [0.5, 0.6) is 0 Å². The van der Waals surface area contributed by atoms with Crippen LogP contribution in [0.15, 0.2) is 65.9 Å². The zero-order chi connectivity index (χ0) is 8.49. The fourth-order valence-corrected chi connectivity index (χ4v) is 0.698. The van der Waals surface area contributed by atoms with Crippen LogP contribution in [0.4, 0.5) is 0 Å². The van der Waals surface area contributed by atoms with Crippen LogP contribution in [-0.4, -0.2) is 6.21 Å². The second-order valence-corrected chi connectivity index (χ2v) is 2.18. The van der Waals surface area contributed by atoms with Crippen molar-refractivity contribution in [1.29, 1.82) is 0 Å². The van der Waals surface area contributed by atoms with Crippen molar-refractivity contribution in [3.8, 4) is 0 Å². The summed E-state index contributed by atoms with van der Waals surface area (Å²) in [6.45, 7) is 0. The molecule has 0 aromatic rings. The van der Waals surface area contributed by atoms with Gasteiger partial charge in [0.2, 0.25) is 0 Å². The molecular formula is C11H11N. The number of nitrogens with zero attached hydrogens (tertiary/aromatic N) is 1. The van der Waals surface area contributed by atoms with Gasteiger partial charge in [-0.1, -0.05) is 42.5 Å². The third kappa shape index (κ3) is 4.23. The molecule has 1 heteroatoms. The normalized spacial score (nSPS) is 32.0. The van der Waals surface area contributed by atoms with Crippen LogP contribution in [0.2, 0.25) is 0 Å². The molecule has 0 bridgehead atoms. The van der Waals surface area contributed by atoms with Crippen molar-refractivity contribution in [3.63, 3.8) is 0 Å². The van der Waals surface area contributed by atoms with Gasteiger partial charge in [0, 0.05) is 12.4 Å². The van der Waals surface area contributed by atoms with E-state index in [9.17, 15) is 0 Å². The smallest absolute Gasteiger partial charge is 0.0267 e. The van der Waals surface area contributed by atoms with Crippen LogP contribution >= 0.6 is 0 Å². The van der Waals surface area contributed by atoms with Crippen molar-refractivity contribution >= 4 is 6.21 Å². The van der Waals surface area contributed by atoms with E-state index in [1.54, 1.807) is 12.4 Å². The van der Waals surface area contributed by atoms with E-state index in [0.29, 0.717) is 0 Å². The second kappa shape index (κ2) is 6.10. The molecule has 0 unspecified atom stereocenters. The highest BCUT2D eigenvalue weighted by atomic mass is 14.6. The first-order chi connectivity index (χ1) is 6.00. The maximum Gasteiger partial charge on any atom is 0.0267 e. The van der Waals surface area contributed by atoms with E-state index in [0.717, 1.165) is 0 Å². The van der Waals surface area contributed by atoms with Gasteiger partial charge in [-0.15, -0.1) is 0 Å². The highest BCUT2D eigenvalue weighted by Crippen LogP contribution is 1.85. The van der Waals surface area contributed by atoms with Gasteiger partial charge in [-0.3, -0.25) is 4.99 Å². The minimum absolute atomic E-state index is 1.75. The lowest BCUT2D eigenvalue weighted by Gasteiger charge is -1.77. The molecule has 1 rings (SSSR count). The molecule has 0 atom stereocenters. The Kier molecular flexibility index (Phi) is 4.31. The molecule has 1 nitrogen and oxygen atoms in total. The van der Waals surface area contributed by atoms with Crippen molar-refractivity contribution < 1.29 is 0 Å². The number of hydrogen-bond acceptors (Lipinski definition) is 1. The Morgan fingerprint density at radius 3 is 1.67 bits per heavy atom. The molecule has 0 aromatic heterocycles. The van der Waals surface area contributed by atoms with Crippen LogP contribution in [-0.2, 0) is 0 Å². The molecule has 1 aliphatic rings. The quantitative estimate of drug-likeness (QED) is 0.512. The van der Waals surface area contributed by atoms with Gasteiger partial charge >= 0.3 is 0 Å². The molecule has 60 valence electrons. The molecule has 0 fully saturated rings. The van der Waals surface area contributed by atoms with E-state index in [4.69, 9.17) is 0 Å². The number of aliphatic imine (C=N–C) groups is 1. The monoisotopic (exact) mass is 157 g/mol. The van der Waals surface area contributed by atoms with E-state index in [-0.39, 0.29) is 0 Å². The lowest BCUT2D eigenvalue weighted by molar-refractivity contribution is 1.59. The average molecular weight is 157 g/mol. The molecular weight excluding hydrogens is 146 g/mol. The molecule has 0 amide bonds. The number of hydrogen-bond donors (Lipinski definition) is 0. The zero-order valence-electron chi connectivity index (χ0n) is 6.80. The molecule has 0 saturated heterocycles. The first kappa shape index (κ1) is 8.47. The predicted octanol–water partition coefficient (Wildman–Crippen LogP) is 2.81. The molecule has 0 N–H and O–H groups in total. The van der Waals surface area contributed by atoms with E-state index >= 15 is 0 Å². The number of rotatable bonds is 0. The van der Waals surface area contributed by atoms with Crippen LogP contribution in [0.25, 0.3) is 0 Å². The maximum absolute atomic E-state index is 4.00. The average Bonchev–Trinajstić information content (AvgIpc) is 2.05. The summed E-state index contributed by atoms with van der Waals surface area (Å²) in [5.41, 5.74) is 0. The summed E-state index contributed by atoms with van der Waals surface area (Å²) in [6.07, 6.45) is 21.0. The first-order valence-electron chi connectivity index (χ1n) is 3.85. The van der Waals surface area contributed by atoms with Crippen molar-refractivity contribution in [3.05, 3.63) is 60.9 Å². The summed E-state index contributed by atoms with van der Waals surface area (Å²) in [6, 6.07) is 0. The Balaban J connectivity index is 2.67. The van der Waals surface area contributed by atoms with Crippen molar-refractivity contribution in [2.45, 2.75) is 0 Å². The third-order valence-electron chi connectivity index (χ3n) is 1.23. The van der Waals surface area contributed by atoms with Gasteiger partial charge in [-0.2, -0.15) is 0 Å². The first-order valence-corrected chi connectivity index (χ1v) is 3.85. The standard InChI is InChI=1S/C11H11N/c1-2-4-6-8-10-12-11-9-7-5-3-1/h1-11H/b2-1-,3-1?,4-2?,5-3+,6-4+,7-5?,8-6?,9-7-,10-8+,11-9?,12-10?,12-11+. The highest BCUT2D eigenvalue weighted by Gasteiger charge is 1.66. The predicted molar refractivity (Wildman–Crippen MR) is 54.2 cm³/mol. The van der Waals surface area contributed by atoms with Gasteiger partial charge in [0.1, 0.15) is 0 Å². The Hall–Kier alpha value is -1.63. The van der Waals surface area contributed by atoms with Gasteiger partial charge in [0.25, 0.3) is 0 Å².